The van der Waals surface area contributed by atoms with E-state index in [-0.39, 0.29) is 5.91 Å². The van der Waals surface area contributed by atoms with Gasteiger partial charge in [0.25, 0.3) is 0 Å². The van der Waals surface area contributed by atoms with Crippen molar-refractivity contribution in [2.24, 2.45) is 17.1 Å². The van der Waals surface area contributed by atoms with Gasteiger partial charge in [0.2, 0.25) is 5.91 Å². The van der Waals surface area contributed by atoms with Gasteiger partial charge in [-0.1, -0.05) is 12.8 Å². The van der Waals surface area contributed by atoms with Gasteiger partial charge in [0, 0.05) is 35.2 Å². The van der Waals surface area contributed by atoms with Crippen LogP contribution in [0.3, 0.4) is 0 Å². The molecule has 1 aromatic rings. The van der Waals surface area contributed by atoms with E-state index in [4.69, 9.17) is 10.5 Å². The molecule has 0 aromatic heterocycles. The number of carbonyl (C=O) groups is 1. The highest BCUT2D eigenvalue weighted by Crippen LogP contribution is 2.61. The van der Waals surface area contributed by atoms with Gasteiger partial charge in [-0.05, 0) is 49.9 Å². The van der Waals surface area contributed by atoms with Gasteiger partial charge in [-0.2, -0.15) is 0 Å². The summed E-state index contributed by atoms with van der Waals surface area (Å²) < 4.78 is 6.03. The van der Waals surface area contributed by atoms with Crippen molar-refractivity contribution in [2.45, 2.75) is 51.2 Å². The van der Waals surface area contributed by atoms with Crippen molar-refractivity contribution < 1.29 is 9.53 Å². The van der Waals surface area contributed by atoms with E-state index in [1.54, 1.807) is 0 Å². The molecule has 1 unspecified atom stereocenters. The number of rotatable bonds is 3. The van der Waals surface area contributed by atoms with Gasteiger partial charge in [-0.15, -0.1) is 0 Å². The Morgan fingerprint density at radius 2 is 2.14 bits per heavy atom. The Kier molecular flexibility index (Phi) is 3.19. The first-order chi connectivity index (χ1) is 10.6. The van der Waals surface area contributed by atoms with Gasteiger partial charge in [0.05, 0.1) is 6.10 Å². The summed E-state index contributed by atoms with van der Waals surface area (Å²) in [6.07, 6.45) is 6.85. The summed E-state index contributed by atoms with van der Waals surface area (Å²) >= 11 is 0. The van der Waals surface area contributed by atoms with Crippen molar-refractivity contribution in [3.05, 3.63) is 29.3 Å². The lowest BCUT2D eigenvalue weighted by atomic mass is 9.54. The fourth-order valence-electron chi connectivity index (χ4n) is 5.11. The summed E-state index contributed by atoms with van der Waals surface area (Å²) in [4.78, 5) is 11.4. The highest BCUT2D eigenvalue weighted by molar-refractivity contribution is 5.94. The fraction of sp³-hybridized carbons (Fsp3) is 0.611. The number of hydrogen-bond acceptors (Lipinski definition) is 3. The average Bonchev–Trinajstić information content (AvgIpc) is 3.13. The molecule has 4 heteroatoms. The first kappa shape index (κ1) is 14.1. The van der Waals surface area contributed by atoms with Gasteiger partial charge in [-0.3, -0.25) is 4.79 Å². The van der Waals surface area contributed by atoms with Gasteiger partial charge in [0.1, 0.15) is 0 Å². The molecular formula is C18H24N2O2. The standard InChI is InChI=1S/C18H24N2O2/c1-11-10-12(4-5-13(11)17(19)21)20-15-14-6-9-22-16(14)18(15)7-2-3-8-18/h4-5,10,14-16,20H,2-3,6-9H2,1H3,(H2,19,21)/t14-,15?,16-/m0/s1. The molecular weight excluding hydrogens is 276 g/mol. The first-order valence-electron chi connectivity index (χ1n) is 8.40. The maximum atomic E-state index is 11.4. The summed E-state index contributed by atoms with van der Waals surface area (Å²) in [6.45, 7) is 2.85. The zero-order valence-corrected chi connectivity index (χ0v) is 13.1. The van der Waals surface area contributed by atoms with Crippen LogP contribution in [0.5, 0.6) is 0 Å². The Labute approximate surface area is 131 Å². The second kappa shape index (κ2) is 4.98. The highest BCUT2D eigenvalue weighted by atomic mass is 16.5. The molecule has 1 heterocycles. The van der Waals surface area contributed by atoms with Crippen LogP contribution in [-0.2, 0) is 4.74 Å². The largest absolute Gasteiger partial charge is 0.381 e. The van der Waals surface area contributed by atoms with Crippen LogP contribution < -0.4 is 11.1 Å². The zero-order valence-electron chi connectivity index (χ0n) is 13.1. The number of ether oxygens (including phenoxy) is 1. The van der Waals surface area contributed by atoms with E-state index >= 15 is 0 Å². The second-order valence-electron chi connectivity index (χ2n) is 7.20. The third kappa shape index (κ3) is 1.89. The van der Waals surface area contributed by atoms with Crippen LogP contribution in [0.15, 0.2) is 18.2 Å². The van der Waals surface area contributed by atoms with E-state index < -0.39 is 0 Å². The van der Waals surface area contributed by atoms with Crippen molar-refractivity contribution in [2.75, 3.05) is 11.9 Å². The molecule has 22 heavy (non-hydrogen) atoms. The molecule has 2 aliphatic carbocycles. The average molecular weight is 300 g/mol. The molecule has 3 fully saturated rings. The molecule has 4 nitrogen and oxygen atoms in total. The maximum absolute atomic E-state index is 11.4. The van der Waals surface area contributed by atoms with Crippen molar-refractivity contribution in [3.63, 3.8) is 0 Å². The predicted molar refractivity (Wildman–Crippen MR) is 85.9 cm³/mol. The number of nitrogens with two attached hydrogens (primary N) is 1. The fourth-order valence-corrected chi connectivity index (χ4v) is 5.11. The van der Waals surface area contributed by atoms with E-state index in [1.807, 2.05) is 25.1 Å². The first-order valence-corrected chi connectivity index (χ1v) is 8.40. The quantitative estimate of drug-likeness (QED) is 0.902. The monoisotopic (exact) mass is 300 g/mol. The molecule has 1 saturated heterocycles. The second-order valence-corrected chi connectivity index (χ2v) is 7.20. The van der Waals surface area contributed by atoms with E-state index in [9.17, 15) is 4.79 Å². The van der Waals surface area contributed by atoms with Crippen molar-refractivity contribution in [3.8, 4) is 0 Å². The number of fused-ring (bicyclic) bond motifs is 2. The Balaban J connectivity index is 1.57. The molecule has 4 rings (SSSR count). The lowest BCUT2D eigenvalue weighted by molar-refractivity contribution is -0.111. The van der Waals surface area contributed by atoms with E-state index in [1.165, 1.54) is 32.1 Å². The molecule has 3 aliphatic rings. The van der Waals surface area contributed by atoms with Gasteiger partial charge in [0.15, 0.2) is 0 Å². The summed E-state index contributed by atoms with van der Waals surface area (Å²) in [5.74, 6) is 0.290. The van der Waals surface area contributed by atoms with Crippen LogP contribution in [0.25, 0.3) is 0 Å². The summed E-state index contributed by atoms with van der Waals surface area (Å²) in [5.41, 5.74) is 8.39. The van der Waals surface area contributed by atoms with E-state index in [2.05, 4.69) is 5.32 Å². The molecule has 2 saturated carbocycles. The molecule has 1 aliphatic heterocycles. The van der Waals surface area contributed by atoms with Crippen LogP contribution >= 0.6 is 0 Å². The topological polar surface area (TPSA) is 64.3 Å². The molecule has 3 atom stereocenters. The Hall–Kier alpha value is -1.55. The summed E-state index contributed by atoms with van der Waals surface area (Å²) in [5, 5.41) is 3.76. The smallest absolute Gasteiger partial charge is 0.248 e. The number of nitrogens with one attached hydrogen (secondary N) is 1. The number of anilines is 1. The minimum absolute atomic E-state index is 0.345. The SMILES string of the molecule is Cc1cc(NC2[C@@H]3CCO[C@@H]3C23CCCC3)ccc1C(N)=O. The van der Waals surface area contributed by atoms with Crippen LogP contribution in [-0.4, -0.2) is 24.7 Å². The van der Waals surface area contributed by atoms with E-state index in [0.717, 1.165) is 17.9 Å². The maximum Gasteiger partial charge on any atom is 0.248 e. The number of amides is 1. The van der Waals surface area contributed by atoms with E-state index in [0.29, 0.717) is 29.0 Å². The predicted octanol–water partition coefficient (Wildman–Crippen LogP) is 2.85. The minimum Gasteiger partial charge on any atom is -0.381 e. The number of hydrogen-bond donors (Lipinski definition) is 2. The summed E-state index contributed by atoms with van der Waals surface area (Å²) in [7, 11) is 0. The third-order valence-corrected chi connectivity index (χ3v) is 6.10. The lowest BCUT2D eigenvalue weighted by Gasteiger charge is -2.57. The number of primary amides is 1. The van der Waals surface area contributed by atoms with Gasteiger partial charge in [-0.25, -0.2) is 0 Å². The molecule has 0 radical (unpaired) electrons. The Bertz CT molecular complexity index is 607. The minimum atomic E-state index is -0.357. The van der Waals surface area contributed by atoms with Crippen LogP contribution in [0, 0.1) is 18.3 Å². The van der Waals surface area contributed by atoms with Crippen LogP contribution in [0.4, 0.5) is 5.69 Å². The lowest BCUT2D eigenvalue weighted by Crippen LogP contribution is -2.64. The molecule has 1 amide bonds. The number of benzene rings is 1. The van der Waals surface area contributed by atoms with Crippen molar-refractivity contribution in [1.82, 2.24) is 0 Å². The number of carbonyl (C=O) groups excluding carboxylic acids is 1. The Morgan fingerprint density at radius 1 is 1.36 bits per heavy atom. The van der Waals surface area contributed by atoms with Crippen molar-refractivity contribution >= 4 is 11.6 Å². The molecule has 118 valence electrons. The summed E-state index contributed by atoms with van der Waals surface area (Å²) in [6, 6.07) is 6.38. The normalized spacial score (nSPS) is 31.8. The number of aryl methyl sites for hydroxylation is 1. The van der Waals surface area contributed by atoms with Gasteiger partial charge < -0.3 is 15.8 Å². The molecule has 1 aromatic carbocycles. The molecule has 0 bridgehead atoms. The third-order valence-electron chi connectivity index (χ3n) is 6.10. The highest BCUT2D eigenvalue weighted by Gasteiger charge is 2.64. The Morgan fingerprint density at radius 3 is 2.82 bits per heavy atom. The van der Waals surface area contributed by atoms with Crippen molar-refractivity contribution in [1.29, 1.82) is 0 Å². The molecule has 1 spiro atoms. The van der Waals surface area contributed by atoms with Crippen LogP contribution in [0.2, 0.25) is 0 Å². The molecule has 3 N–H and O–H groups in total. The zero-order chi connectivity index (χ0) is 15.3. The van der Waals surface area contributed by atoms with Crippen LogP contribution in [0.1, 0.15) is 48.0 Å². The van der Waals surface area contributed by atoms with Gasteiger partial charge >= 0.3 is 0 Å².